The molecular formula is C28H34F3N3O4. The Balaban J connectivity index is 1.74. The Hall–Kier alpha value is -3.53. The van der Waals surface area contributed by atoms with Crippen molar-refractivity contribution in [3.05, 3.63) is 71.4 Å². The smallest absolute Gasteiger partial charge is 0.416 e. The third-order valence-corrected chi connectivity index (χ3v) is 5.99. The maximum Gasteiger partial charge on any atom is 0.416 e. The third kappa shape index (κ3) is 9.09. The number of aromatic amines is 1. The van der Waals surface area contributed by atoms with E-state index in [0.29, 0.717) is 24.8 Å². The molecule has 2 aromatic carbocycles. The van der Waals surface area contributed by atoms with Crippen LogP contribution in [0.4, 0.5) is 18.0 Å². The summed E-state index contributed by atoms with van der Waals surface area (Å²) in [5, 5.41) is 16.6. The topological polar surface area (TPSA) is 103 Å². The van der Waals surface area contributed by atoms with Crippen LogP contribution in [0, 0.1) is 0 Å². The van der Waals surface area contributed by atoms with Crippen LogP contribution in [0.25, 0.3) is 10.9 Å². The maximum atomic E-state index is 12.9. The molecule has 206 valence electrons. The molecule has 1 unspecified atom stereocenters. The van der Waals surface area contributed by atoms with Crippen molar-refractivity contribution in [2.75, 3.05) is 6.54 Å². The van der Waals surface area contributed by atoms with Crippen LogP contribution in [0.2, 0.25) is 0 Å². The first-order chi connectivity index (χ1) is 17.8. The summed E-state index contributed by atoms with van der Waals surface area (Å²) in [4.78, 5) is 27.1. The largest absolute Gasteiger partial charge is 0.481 e. The lowest BCUT2D eigenvalue weighted by Crippen LogP contribution is -2.48. The highest BCUT2D eigenvalue weighted by Crippen LogP contribution is 2.29. The molecular weight excluding hydrogens is 499 g/mol. The number of hydrogen-bond acceptors (Lipinski definition) is 4. The number of carboxylic acid groups (broad SMARTS) is 1. The number of alkyl halides is 3. The second kappa shape index (κ2) is 12.3. The maximum absolute atomic E-state index is 12.9. The number of halogens is 3. The summed E-state index contributed by atoms with van der Waals surface area (Å²) in [5.74, 6) is -0.969. The van der Waals surface area contributed by atoms with Gasteiger partial charge in [0.1, 0.15) is 5.60 Å². The van der Waals surface area contributed by atoms with E-state index in [1.165, 1.54) is 12.1 Å². The van der Waals surface area contributed by atoms with Crippen LogP contribution in [0.5, 0.6) is 0 Å². The molecule has 38 heavy (non-hydrogen) atoms. The number of H-pyrrole nitrogens is 1. The second-order valence-corrected chi connectivity index (χ2v) is 10.3. The van der Waals surface area contributed by atoms with Gasteiger partial charge in [-0.1, -0.05) is 30.3 Å². The number of aromatic nitrogens is 1. The molecule has 10 heteroatoms. The van der Waals surface area contributed by atoms with Gasteiger partial charge in [-0.3, -0.25) is 4.79 Å². The highest BCUT2D eigenvalue weighted by Gasteiger charge is 2.30. The Morgan fingerprint density at radius 1 is 1.03 bits per heavy atom. The van der Waals surface area contributed by atoms with Crippen molar-refractivity contribution in [1.29, 1.82) is 0 Å². The lowest BCUT2D eigenvalue weighted by Gasteiger charge is -2.26. The minimum absolute atomic E-state index is 0.150. The summed E-state index contributed by atoms with van der Waals surface area (Å²) in [5.41, 5.74) is 1.20. The Morgan fingerprint density at radius 3 is 2.34 bits per heavy atom. The molecule has 0 fully saturated rings. The van der Waals surface area contributed by atoms with E-state index >= 15 is 0 Å². The normalized spacial score (nSPS) is 13.7. The zero-order valence-electron chi connectivity index (χ0n) is 21.7. The second-order valence-electron chi connectivity index (χ2n) is 10.3. The van der Waals surface area contributed by atoms with Crippen LogP contribution >= 0.6 is 0 Å². The first-order valence-electron chi connectivity index (χ1n) is 12.5. The zero-order valence-corrected chi connectivity index (χ0v) is 21.7. The number of aliphatic carboxylic acids is 1. The zero-order chi connectivity index (χ0) is 27.9. The minimum atomic E-state index is -4.41. The van der Waals surface area contributed by atoms with E-state index in [2.05, 4.69) is 15.6 Å². The summed E-state index contributed by atoms with van der Waals surface area (Å²) in [7, 11) is 0. The van der Waals surface area contributed by atoms with Gasteiger partial charge in [0, 0.05) is 35.7 Å². The molecule has 1 amide bonds. The summed E-state index contributed by atoms with van der Waals surface area (Å²) >= 11 is 0. The average molecular weight is 534 g/mol. The van der Waals surface area contributed by atoms with Crippen LogP contribution in [-0.2, 0) is 28.5 Å². The molecule has 0 aliphatic heterocycles. The number of carbonyl (C=O) groups is 2. The molecule has 4 N–H and O–H groups in total. The van der Waals surface area contributed by atoms with Crippen molar-refractivity contribution in [2.45, 2.75) is 70.3 Å². The van der Waals surface area contributed by atoms with Crippen molar-refractivity contribution in [3.63, 3.8) is 0 Å². The molecule has 0 saturated heterocycles. The quantitative estimate of drug-likeness (QED) is 0.254. The number of amides is 1. The van der Waals surface area contributed by atoms with Crippen LogP contribution in [0.3, 0.4) is 0 Å². The van der Waals surface area contributed by atoms with E-state index < -0.39 is 35.4 Å². The lowest BCUT2D eigenvalue weighted by molar-refractivity contribution is -0.138. The average Bonchev–Trinajstić information content (AvgIpc) is 3.21. The van der Waals surface area contributed by atoms with Gasteiger partial charge < -0.3 is 25.5 Å². The molecule has 0 aliphatic rings. The molecule has 1 heterocycles. The van der Waals surface area contributed by atoms with Crippen LogP contribution in [0.15, 0.2) is 54.7 Å². The number of carboxylic acids is 1. The fourth-order valence-corrected chi connectivity index (χ4v) is 4.27. The lowest BCUT2D eigenvalue weighted by atomic mass is 9.99. The minimum Gasteiger partial charge on any atom is -0.481 e. The van der Waals surface area contributed by atoms with Gasteiger partial charge in [-0.15, -0.1) is 0 Å². The first-order valence-corrected chi connectivity index (χ1v) is 12.5. The van der Waals surface area contributed by atoms with E-state index in [9.17, 15) is 27.9 Å². The van der Waals surface area contributed by atoms with Crippen molar-refractivity contribution >= 4 is 23.0 Å². The number of alkyl carbamates (subject to hydrolysis) is 1. The number of fused-ring (bicyclic) bond motifs is 1. The Morgan fingerprint density at radius 2 is 1.71 bits per heavy atom. The van der Waals surface area contributed by atoms with Gasteiger partial charge in [0.25, 0.3) is 0 Å². The number of nitrogens with one attached hydrogen (secondary N) is 3. The molecule has 0 spiro atoms. The number of ether oxygens (including phenoxy) is 1. The van der Waals surface area contributed by atoms with Gasteiger partial charge in [-0.25, -0.2) is 4.79 Å². The number of aryl methyl sites for hydroxylation is 1. The van der Waals surface area contributed by atoms with Gasteiger partial charge in [0.05, 0.1) is 12.0 Å². The Kier molecular flexibility index (Phi) is 9.43. The highest BCUT2D eigenvalue weighted by atomic mass is 19.4. The van der Waals surface area contributed by atoms with E-state index in [0.717, 1.165) is 28.6 Å². The number of carbonyl (C=O) groups excluding carboxylic acids is 1. The van der Waals surface area contributed by atoms with Crippen molar-refractivity contribution in [2.24, 2.45) is 0 Å². The molecule has 0 aliphatic carbocycles. The number of hydrogen-bond donors (Lipinski definition) is 4. The third-order valence-electron chi connectivity index (χ3n) is 5.99. The molecule has 0 bridgehead atoms. The number of rotatable bonds is 11. The standard InChI is InChI=1S/C28H34F3N3O4/c1-27(2,3)38-26(37)33-17-21(13-10-18-8-11-20(12-9-18)28(29,30)31)34-22(15-25(35)36)14-19-16-32-24-7-5-4-6-23(19)24/h4-9,11-12,16,21-22,32,34H,10,13-15,17H2,1-3H3,(H,33,37)(H,35,36)/t21?,22-/m1/s1. The first kappa shape index (κ1) is 29.0. The van der Waals surface area contributed by atoms with Crippen molar-refractivity contribution in [1.82, 2.24) is 15.6 Å². The predicted molar refractivity (Wildman–Crippen MR) is 139 cm³/mol. The molecule has 0 saturated carbocycles. The van der Waals surface area contributed by atoms with Gasteiger partial charge in [-0.05, 0) is 69.4 Å². The molecule has 2 atom stereocenters. The van der Waals surface area contributed by atoms with Crippen LogP contribution in [-0.4, -0.2) is 46.4 Å². The SMILES string of the molecule is CC(C)(C)OC(=O)NCC(CCc1ccc(C(F)(F)F)cc1)N[C@@H](CC(=O)O)Cc1c[nH]c2ccccc12. The fraction of sp³-hybridized carbons (Fsp3) is 0.429. The summed E-state index contributed by atoms with van der Waals surface area (Å²) < 4.78 is 44.1. The Labute approximate surface area is 219 Å². The molecule has 7 nitrogen and oxygen atoms in total. The monoisotopic (exact) mass is 533 g/mol. The molecule has 1 aromatic heterocycles. The molecule has 3 aromatic rings. The molecule has 3 rings (SSSR count). The van der Waals surface area contributed by atoms with Crippen molar-refractivity contribution in [3.8, 4) is 0 Å². The number of benzene rings is 2. The van der Waals surface area contributed by atoms with E-state index in [1.54, 1.807) is 20.8 Å². The van der Waals surface area contributed by atoms with Gasteiger partial charge in [0.2, 0.25) is 0 Å². The van der Waals surface area contributed by atoms with Gasteiger partial charge >= 0.3 is 18.2 Å². The Bertz CT molecular complexity index is 1220. The summed E-state index contributed by atoms with van der Waals surface area (Å²) in [6.45, 7) is 5.39. The van der Waals surface area contributed by atoms with Crippen LogP contribution < -0.4 is 10.6 Å². The van der Waals surface area contributed by atoms with Gasteiger partial charge in [0.15, 0.2) is 0 Å². The van der Waals surface area contributed by atoms with E-state index in [4.69, 9.17) is 4.74 Å². The summed E-state index contributed by atoms with van der Waals surface area (Å²) in [6, 6.07) is 11.9. The fourth-order valence-electron chi connectivity index (χ4n) is 4.27. The van der Waals surface area contributed by atoms with Crippen molar-refractivity contribution < 1.29 is 32.6 Å². The highest BCUT2D eigenvalue weighted by molar-refractivity contribution is 5.83. The van der Waals surface area contributed by atoms with E-state index in [-0.39, 0.29) is 19.0 Å². The predicted octanol–water partition coefficient (Wildman–Crippen LogP) is 5.69. The van der Waals surface area contributed by atoms with Crippen LogP contribution in [0.1, 0.15) is 50.3 Å². The summed E-state index contributed by atoms with van der Waals surface area (Å²) in [6.07, 6.45) is -2.00. The van der Waals surface area contributed by atoms with E-state index in [1.807, 2.05) is 30.5 Å². The molecule has 0 radical (unpaired) electrons. The van der Waals surface area contributed by atoms with Gasteiger partial charge in [-0.2, -0.15) is 13.2 Å². The number of para-hydroxylation sites is 1.